The number of aryl methyl sites for hydroxylation is 1. The standard InChI is InChI=1S/C18H19NO5/c1-9-4-2-3-5-12(9)19-14(20)8-23-17(21)15-10-6-11-13(7-10)24-18(22)16(11)15/h2-5,10-11,13,15-16H,6-8H2,1H3,(H,19,20)/t10-,11+,13+,15-,16+/m1/s1. The van der Waals surface area contributed by atoms with E-state index in [0.717, 1.165) is 18.4 Å². The van der Waals surface area contributed by atoms with E-state index in [1.165, 1.54) is 0 Å². The lowest BCUT2D eigenvalue weighted by Gasteiger charge is -2.22. The van der Waals surface area contributed by atoms with E-state index in [1.807, 2.05) is 25.1 Å². The highest BCUT2D eigenvalue weighted by Gasteiger charge is 2.64. The van der Waals surface area contributed by atoms with Crippen molar-refractivity contribution in [2.75, 3.05) is 11.9 Å². The number of para-hydroxylation sites is 1. The molecule has 0 unspecified atom stereocenters. The number of carbonyl (C=O) groups is 3. The van der Waals surface area contributed by atoms with Gasteiger partial charge in [-0.2, -0.15) is 0 Å². The summed E-state index contributed by atoms with van der Waals surface area (Å²) in [7, 11) is 0. The average molecular weight is 329 g/mol. The Balaban J connectivity index is 1.35. The molecule has 0 aromatic heterocycles. The molecule has 1 saturated heterocycles. The highest BCUT2D eigenvalue weighted by molar-refractivity contribution is 5.94. The van der Waals surface area contributed by atoms with Crippen LogP contribution in [-0.2, 0) is 23.9 Å². The minimum Gasteiger partial charge on any atom is -0.462 e. The Hall–Kier alpha value is -2.37. The second-order valence-corrected chi connectivity index (χ2v) is 6.89. The van der Waals surface area contributed by atoms with Crippen LogP contribution in [0.15, 0.2) is 24.3 Å². The van der Waals surface area contributed by atoms with Crippen molar-refractivity contribution >= 4 is 23.5 Å². The Kier molecular flexibility index (Phi) is 3.55. The molecule has 6 nitrogen and oxygen atoms in total. The third-order valence-corrected chi connectivity index (χ3v) is 5.52. The first-order chi connectivity index (χ1) is 11.5. The summed E-state index contributed by atoms with van der Waals surface area (Å²) in [6.45, 7) is 1.55. The van der Waals surface area contributed by atoms with Gasteiger partial charge in [0.15, 0.2) is 6.61 Å². The molecule has 4 rings (SSSR count). The average Bonchev–Trinajstić information content (AvgIpc) is 3.16. The van der Waals surface area contributed by atoms with Crippen LogP contribution in [-0.4, -0.2) is 30.6 Å². The summed E-state index contributed by atoms with van der Waals surface area (Å²) in [5, 5.41) is 2.72. The fourth-order valence-electron chi connectivity index (χ4n) is 4.46. The van der Waals surface area contributed by atoms with E-state index in [4.69, 9.17) is 9.47 Å². The van der Waals surface area contributed by atoms with Gasteiger partial charge in [-0.15, -0.1) is 0 Å². The first kappa shape index (κ1) is 15.2. The summed E-state index contributed by atoms with van der Waals surface area (Å²) in [5.74, 6) is -1.65. The number of hydrogen-bond acceptors (Lipinski definition) is 5. The lowest BCUT2D eigenvalue weighted by atomic mass is 9.80. The molecule has 1 aromatic rings. The van der Waals surface area contributed by atoms with Crippen molar-refractivity contribution in [3.63, 3.8) is 0 Å². The quantitative estimate of drug-likeness (QED) is 0.850. The van der Waals surface area contributed by atoms with Crippen LogP contribution in [0.3, 0.4) is 0 Å². The zero-order valence-corrected chi connectivity index (χ0v) is 13.4. The molecule has 3 fully saturated rings. The van der Waals surface area contributed by atoms with Gasteiger partial charge < -0.3 is 14.8 Å². The zero-order valence-electron chi connectivity index (χ0n) is 13.4. The van der Waals surface area contributed by atoms with Crippen LogP contribution in [0.1, 0.15) is 18.4 Å². The monoisotopic (exact) mass is 329 g/mol. The fourth-order valence-corrected chi connectivity index (χ4v) is 4.46. The van der Waals surface area contributed by atoms with Gasteiger partial charge >= 0.3 is 11.9 Å². The number of nitrogens with one attached hydrogen (secondary N) is 1. The van der Waals surface area contributed by atoms with E-state index < -0.39 is 11.9 Å². The van der Waals surface area contributed by atoms with E-state index in [1.54, 1.807) is 6.07 Å². The number of rotatable bonds is 4. The lowest BCUT2D eigenvalue weighted by Crippen LogP contribution is -2.35. The minimum atomic E-state index is -0.454. The van der Waals surface area contributed by atoms with Crippen LogP contribution in [0.4, 0.5) is 5.69 Å². The molecular formula is C18H19NO5. The Morgan fingerprint density at radius 3 is 2.88 bits per heavy atom. The topological polar surface area (TPSA) is 81.7 Å². The highest BCUT2D eigenvalue weighted by atomic mass is 16.6. The smallest absolute Gasteiger partial charge is 0.310 e. The molecule has 6 heteroatoms. The summed E-state index contributed by atoms with van der Waals surface area (Å²) in [4.78, 5) is 36.3. The van der Waals surface area contributed by atoms with Gasteiger partial charge in [-0.1, -0.05) is 18.2 Å². The van der Waals surface area contributed by atoms with Gasteiger partial charge in [0.2, 0.25) is 0 Å². The molecule has 1 N–H and O–H groups in total. The molecule has 1 aliphatic heterocycles. The molecule has 0 radical (unpaired) electrons. The molecule has 126 valence electrons. The van der Waals surface area contributed by atoms with Gasteiger partial charge in [0.25, 0.3) is 5.91 Å². The summed E-state index contributed by atoms with van der Waals surface area (Å²) >= 11 is 0. The highest BCUT2D eigenvalue weighted by Crippen LogP contribution is 2.57. The molecule has 5 atom stereocenters. The van der Waals surface area contributed by atoms with Crippen LogP contribution in [0.25, 0.3) is 0 Å². The van der Waals surface area contributed by atoms with Crippen molar-refractivity contribution in [1.29, 1.82) is 0 Å². The Labute approximate surface area is 139 Å². The third-order valence-electron chi connectivity index (χ3n) is 5.52. The summed E-state index contributed by atoms with van der Waals surface area (Å²) in [6.07, 6.45) is 1.57. The molecular weight excluding hydrogens is 310 g/mol. The molecule has 0 spiro atoms. The van der Waals surface area contributed by atoms with Crippen LogP contribution in [0.5, 0.6) is 0 Å². The SMILES string of the molecule is Cc1ccccc1NC(=O)COC(=O)[C@@H]1[C@@H]2C[C@@H]3[C@@H]1C(=O)O[C@H]3C2. The first-order valence-corrected chi connectivity index (χ1v) is 8.27. The van der Waals surface area contributed by atoms with Gasteiger partial charge in [-0.25, -0.2) is 0 Å². The first-order valence-electron chi connectivity index (χ1n) is 8.27. The maximum Gasteiger partial charge on any atom is 0.310 e. The van der Waals surface area contributed by atoms with E-state index in [-0.39, 0.29) is 42.3 Å². The second-order valence-electron chi connectivity index (χ2n) is 6.89. The Morgan fingerprint density at radius 2 is 2.08 bits per heavy atom. The normalized spacial score (nSPS) is 32.5. The van der Waals surface area contributed by atoms with E-state index in [9.17, 15) is 14.4 Å². The molecule has 2 saturated carbocycles. The third kappa shape index (κ3) is 2.37. The van der Waals surface area contributed by atoms with Crippen LogP contribution >= 0.6 is 0 Å². The Morgan fingerprint density at radius 1 is 1.29 bits per heavy atom. The van der Waals surface area contributed by atoms with Crippen LogP contribution in [0, 0.1) is 30.6 Å². The molecule has 1 amide bonds. The van der Waals surface area contributed by atoms with Crippen molar-refractivity contribution in [2.45, 2.75) is 25.9 Å². The molecule has 24 heavy (non-hydrogen) atoms. The van der Waals surface area contributed by atoms with Crippen LogP contribution in [0.2, 0.25) is 0 Å². The maximum absolute atomic E-state index is 12.4. The molecule has 1 heterocycles. The van der Waals surface area contributed by atoms with Gasteiger partial charge in [-0.3, -0.25) is 14.4 Å². The van der Waals surface area contributed by atoms with Crippen molar-refractivity contribution in [3.05, 3.63) is 29.8 Å². The number of benzene rings is 1. The Bertz CT molecular complexity index is 713. The molecule has 2 aliphatic carbocycles. The number of ether oxygens (including phenoxy) is 2. The van der Waals surface area contributed by atoms with Crippen molar-refractivity contribution in [3.8, 4) is 0 Å². The lowest BCUT2D eigenvalue weighted by molar-refractivity contribution is -0.157. The second kappa shape index (κ2) is 5.61. The van der Waals surface area contributed by atoms with Crippen molar-refractivity contribution in [1.82, 2.24) is 0 Å². The summed E-state index contributed by atoms with van der Waals surface area (Å²) in [5.41, 5.74) is 1.63. The molecule has 3 aliphatic rings. The van der Waals surface area contributed by atoms with Gasteiger partial charge in [-0.05, 0) is 37.3 Å². The number of hydrogen-bond donors (Lipinski definition) is 1. The number of esters is 2. The van der Waals surface area contributed by atoms with Gasteiger partial charge in [0, 0.05) is 11.6 Å². The van der Waals surface area contributed by atoms with E-state index in [2.05, 4.69) is 5.32 Å². The van der Waals surface area contributed by atoms with E-state index in [0.29, 0.717) is 5.69 Å². The summed E-state index contributed by atoms with van der Waals surface area (Å²) in [6, 6.07) is 7.39. The fraction of sp³-hybridized carbons (Fsp3) is 0.500. The predicted molar refractivity (Wildman–Crippen MR) is 83.8 cm³/mol. The maximum atomic E-state index is 12.4. The zero-order chi connectivity index (χ0) is 16.8. The number of amides is 1. The number of anilines is 1. The molecule has 2 bridgehead atoms. The predicted octanol–water partition coefficient (Wildman–Crippen LogP) is 1.67. The minimum absolute atomic E-state index is 0.0131. The van der Waals surface area contributed by atoms with Gasteiger partial charge in [0.1, 0.15) is 6.10 Å². The van der Waals surface area contributed by atoms with Crippen molar-refractivity contribution in [2.24, 2.45) is 23.7 Å². The van der Waals surface area contributed by atoms with Crippen LogP contribution < -0.4 is 5.32 Å². The van der Waals surface area contributed by atoms with Crippen molar-refractivity contribution < 1.29 is 23.9 Å². The number of fused-ring (bicyclic) bond motifs is 1. The van der Waals surface area contributed by atoms with Gasteiger partial charge in [0.05, 0.1) is 11.8 Å². The largest absolute Gasteiger partial charge is 0.462 e. The molecule has 1 aromatic carbocycles. The number of carbonyl (C=O) groups excluding carboxylic acids is 3. The summed E-state index contributed by atoms with van der Waals surface area (Å²) < 4.78 is 10.5. The van der Waals surface area contributed by atoms with E-state index >= 15 is 0 Å².